The number of aryl methyl sites for hydroxylation is 2. The monoisotopic (exact) mass is 446 g/mol. The van der Waals surface area contributed by atoms with Crippen molar-refractivity contribution in [2.45, 2.75) is 23.6 Å². The van der Waals surface area contributed by atoms with Crippen molar-refractivity contribution in [1.82, 2.24) is 8.61 Å². The highest BCUT2D eigenvalue weighted by atomic mass is 32.2. The first-order valence-electron chi connectivity index (χ1n) is 9.48. The zero-order valence-corrected chi connectivity index (χ0v) is 18.8. The SMILES string of the molecule is C=C1CN(S(=O)(=O)c2ccccc2C)CC(=C)CN(S(=O)(=O)c2ccccc2C)C1. The maximum absolute atomic E-state index is 13.2. The van der Waals surface area contributed by atoms with Gasteiger partial charge in [0.15, 0.2) is 0 Å². The van der Waals surface area contributed by atoms with Crippen molar-refractivity contribution < 1.29 is 16.8 Å². The Morgan fingerprint density at radius 2 is 0.933 bits per heavy atom. The lowest BCUT2D eigenvalue weighted by Crippen LogP contribution is -2.44. The van der Waals surface area contributed by atoms with Gasteiger partial charge in [-0.3, -0.25) is 0 Å². The summed E-state index contributed by atoms with van der Waals surface area (Å²) in [5.41, 5.74) is 2.30. The minimum Gasteiger partial charge on any atom is -0.207 e. The van der Waals surface area contributed by atoms with Crippen LogP contribution in [0.5, 0.6) is 0 Å². The van der Waals surface area contributed by atoms with Gasteiger partial charge in [-0.25, -0.2) is 16.8 Å². The predicted molar refractivity (Wildman–Crippen MR) is 118 cm³/mol. The molecule has 3 rings (SSSR count). The highest BCUT2D eigenvalue weighted by Gasteiger charge is 2.33. The summed E-state index contributed by atoms with van der Waals surface area (Å²) in [4.78, 5) is 0.464. The molecule has 8 heteroatoms. The van der Waals surface area contributed by atoms with Gasteiger partial charge >= 0.3 is 0 Å². The summed E-state index contributed by atoms with van der Waals surface area (Å²) in [6.45, 7) is 11.5. The fourth-order valence-corrected chi connectivity index (χ4v) is 6.94. The molecule has 0 aromatic heterocycles. The number of sulfonamides is 2. The lowest BCUT2D eigenvalue weighted by Gasteiger charge is -2.32. The molecule has 1 heterocycles. The van der Waals surface area contributed by atoms with Crippen molar-refractivity contribution in [1.29, 1.82) is 0 Å². The van der Waals surface area contributed by atoms with Crippen molar-refractivity contribution in [2.24, 2.45) is 0 Å². The molecule has 1 fully saturated rings. The molecule has 0 saturated carbocycles. The van der Waals surface area contributed by atoms with E-state index in [0.29, 0.717) is 22.3 Å². The second-order valence-electron chi connectivity index (χ2n) is 7.58. The summed E-state index contributed by atoms with van der Waals surface area (Å²) in [7, 11) is -7.53. The summed E-state index contributed by atoms with van der Waals surface area (Å²) >= 11 is 0. The van der Waals surface area contributed by atoms with Gasteiger partial charge in [-0.1, -0.05) is 49.6 Å². The van der Waals surface area contributed by atoms with E-state index in [1.165, 1.54) is 8.61 Å². The van der Waals surface area contributed by atoms with E-state index >= 15 is 0 Å². The average Bonchev–Trinajstić information content (AvgIpc) is 2.66. The Morgan fingerprint density at radius 1 is 0.633 bits per heavy atom. The molecule has 30 heavy (non-hydrogen) atoms. The smallest absolute Gasteiger partial charge is 0.207 e. The third kappa shape index (κ3) is 4.41. The molecular formula is C22H26N2O4S2. The van der Waals surface area contributed by atoms with E-state index in [4.69, 9.17) is 0 Å². The van der Waals surface area contributed by atoms with Crippen molar-refractivity contribution >= 4 is 20.0 Å². The fraction of sp³-hybridized carbons (Fsp3) is 0.273. The molecule has 1 saturated heterocycles. The second-order valence-corrected chi connectivity index (χ2v) is 11.4. The Labute approximate surface area is 179 Å². The summed E-state index contributed by atoms with van der Waals surface area (Å²) < 4.78 is 55.5. The summed E-state index contributed by atoms with van der Waals surface area (Å²) in [5.74, 6) is 0. The Morgan fingerprint density at radius 3 is 1.23 bits per heavy atom. The largest absolute Gasteiger partial charge is 0.243 e. The summed E-state index contributed by atoms with van der Waals surface area (Å²) in [6.07, 6.45) is 0. The first kappa shape index (κ1) is 22.4. The molecule has 0 unspecified atom stereocenters. The van der Waals surface area contributed by atoms with Crippen molar-refractivity contribution in [3.8, 4) is 0 Å². The molecule has 0 radical (unpaired) electrons. The van der Waals surface area contributed by atoms with Crippen molar-refractivity contribution in [3.05, 3.63) is 84.0 Å². The highest BCUT2D eigenvalue weighted by molar-refractivity contribution is 7.89. The highest BCUT2D eigenvalue weighted by Crippen LogP contribution is 2.26. The minimum atomic E-state index is -3.77. The van der Waals surface area contributed by atoms with Gasteiger partial charge in [0.25, 0.3) is 0 Å². The molecule has 0 bridgehead atoms. The van der Waals surface area contributed by atoms with E-state index in [1.807, 2.05) is 0 Å². The van der Waals surface area contributed by atoms with E-state index in [2.05, 4.69) is 13.2 Å². The standard InChI is InChI=1S/C22H26N2O4S2/c1-17-13-23(29(25,26)21-11-7-5-9-19(21)3)15-18(2)16-24(14-17)30(27,28)22-12-8-6-10-20(22)4/h5-12H,1-2,13-16H2,3-4H3. The van der Waals surface area contributed by atoms with Crippen LogP contribution >= 0.6 is 0 Å². The first-order valence-corrected chi connectivity index (χ1v) is 12.4. The average molecular weight is 447 g/mol. The Balaban J connectivity index is 1.91. The molecule has 6 nitrogen and oxygen atoms in total. The first-order chi connectivity index (χ1) is 14.0. The van der Waals surface area contributed by atoms with Crippen LogP contribution in [0.3, 0.4) is 0 Å². The van der Waals surface area contributed by atoms with E-state index in [0.717, 1.165) is 0 Å². The van der Waals surface area contributed by atoms with Crippen molar-refractivity contribution in [3.63, 3.8) is 0 Å². The van der Waals surface area contributed by atoms with E-state index in [1.54, 1.807) is 62.4 Å². The van der Waals surface area contributed by atoms with Gasteiger partial charge in [-0.15, -0.1) is 0 Å². The van der Waals surface area contributed by atoms with Gasteiger partial charge < -0.3 is 0 Å². The number of benzene rings is 2. The molecule has 0 spiro atoms. The number of rotatable bonds is 4. The van der Waals surface area contributed by atoms with Crippen LogP contribution < -0.4 is 0 Å². The van der Waals surface area contributed by atoms with Crippen LogP contribution in [-0.2, 0) is 20.0 Å². The van der Waals surface area contributed by atoms with Crippen molar-refractivity contribution in [2.75, 3.05) is 26.2 Å². The maximum atomic E-state index is 13.2. The third-order valence-corrected chi connectivity index (χ3v) is 8.93. The molecule has 1 aliphatic heterocycles. The summed E-state index contributed by atoms with van der Waals surface area (Å²) in [5, 5.41) is 0. The molecule has 1 aliphatic rings. The van der Waals surface area contributed by atoms with Gasteiger partial charge in [0.1, 0.15) is 0 Å². The van der Waals surface area contributed by atoms with E-state index in [9.17, 15) is 16.8 Å². The quantitative estimate of drug-likeness (QED) is 0.677. The van der Waals surface area contributed by atoms with E-state index < -0.39 is 20.0 Å². The molecule has 2 aromatic carbocycles. The normalized spacial score (nSPS) is 17.5. The van der Waals surface area contributed by atoms with Crippen LogP contribution in [0.2, 0.25) is 0 Å². The van der Waals surface area contributed by atoms with Gasteiger partial charge in [-0.2, -0.15) is 8.61 Å². The molecule has 0 atom stereocenters. The molecule has 0 aliphatic carbocycles. The number of hydrogen-bond acceptors (Lipinski definition) is 4. The lowest BCUT2D eigenvalue weighted by molar-refractivity contribution is 0.393. The Bertz CT molecular complexity index is 1090. The molecule has 160 valence electrons. The van der Waals surface area contributed by atoms with Gasteiger partial charge in [0.2, 0.25) is 20.0 Å². The summed E-state index contributed by atoms with van der Waals surface area (Å²) in [6, 6.07) is 13.6. The van der Waals surface area contributed by atoms with Crippen LogP contribution in [-0.4, -0.2) is 51.6 Å². The van der Waals surface area contributed by atoms with Crippen LogP contribution in [0, 0.1) is 13.8 Å². The Kier molecular flexibility index (Phi) is 6.33. The molecule has 0 amide bonds. The van der Waals surface area contributed by atoms with Crippen LogP contribution in [0.15, 0.2) is 82.6 Å². The second kappa shape index (κ2) is 8.47. The zero-order valence-electron chi connectivity index (χ0n) is 17.2. The van der Waals surface area contributed by atoms with Crippen LogP contribution in [0.1, 0.15) is 11.1 Å². The van der Waals surface area contributed by atoms with Crippen LogP contribution in [0.4, 0.5) is 0 Å². The fourth-order valence-electron chi connectivity index (χ4n) is 3.52. The Hall–Kier alpha value is -2.26. The third-order valence-electron chi connectivity index (χ3n) is 5.02. The minimum absolute atomic E-state index is 0.0233. The number of hydrogen-bond donors (Lipinski definition) is 0. The number of nitrogens with zero attached hydrogens (tertiary/aromatic N) is 2. The molecule has 2 aromatic rings. The molecular weight excluding hydrogens is 420 g/mol. The zero-order chi connectivity index (χ0) is 22.1. The maximum Gasteiger partial charge on any atom is 0.243 e. The van der Waals surface area contributed by atoms with Gasteiger partial charge in [-0.05, 0) is 48.3 Å². The van der Waals surface area contributed by atoms with Gasteiger partial charge in [0.05, 0.1) is 9.79 Å². The van der Waals surface area contributed by atoms with E-state index in [-0.39, 0.29) is 36.0 Å². The van der Waals surface area contributed by atoms with Gasteiger partial charge in [0, 0.05) is 26.2 Å². The predicted octanol–water partition coefficient (Wildman–Crippen LogP) is 3.11. The molecule has 0 N–H and O–H groups in total. The topological polar surface area (TPSA) is 74.8 Å². The van der Waals surface area contributed by atoms with Crippen LogP contribution in [0.25, 0.3) is 0 Å². The lowest BCUT2D eigenvalue weighted by atomic mass is 10.2.